The van der Waals surface area contributed by atoms with Gasteiger partial charge < -0.3 is 5.32 Å². The summed E-state index contributed by atoms with van der Waals surface area (Å²) in [6.07, 6.45) is 2.23. The Morgan fingerprint density at radius 3 is 2.82 bits per heavy atom. The molecule has 6 heteroatoms. The lowest BCUT2D eigenvalue weighted by Crippen LogP contribution is -2.32. The van der Waals surface area contributed by atoms with Crippen LogP contribution in [0.4, 0.5) is 5.69 Å². The highest BCUT2D eigenvalue weighted by molar-refractivity contribution is 6.43. The first kappa shape index (κ1) is 11.3. The van der Waals surface area contributed by atoms with Crippen molar-refractivity contribution in [3.8, 4) is 0 Å². The summed E-state index contributed by atoms with van der Waals surface area (Å²) >= 11 is 0. The summed E-state index contributed by atoms with van der Waals surface area (Å²) in [4.78, 5) is 26.7. The van der Waals surface area contributed by atoms with Crippen LogP contribution in [-0.2, 0) is 9.59 Å². The maximum atomic E-state index is 11.7. The first-order valence-electron chi connectivity index (χ1n) is 5.24. The number of rotatable bonds is 2. The molecular formula is C11H12N4O2. The summed E-state index contributed by atoms with van der Waals surface area (Å²) in [5.74, 6) is -0.478. The van der Waals surface area contributed by atoms with Gasteiger partial charge in [0, 0.05) is 18.5 Å². The zero-order chi connectivity index (χ0) is 12.3. The third kappa shape index (κ3) is 2.87. The van der Waals surface area contributed by atoms with Gasteiger partial charge in [0.05, 0.1) is 11.9 Å². The minimum atomic E-state index is -0.310. The highest BCUT2D eigenvalue weighted by Crippen LogP contribution is 2.07. The van der Waals surface area contributed by atoms with E-state index in [0.29, 0.717) is 24.2 Å². The van der Waals surface area contributed by atoms with Gasteiger partial charge in [0.1, 0.15) is 5.71 Å². The van der Waals surface area contributed by atoms with Crippen molar-refractivity contribution < 1.29 is 9.59 Å². The summed E-state index contributed by atoms with van der Waals surface area (Å²) in [6, 6.07) is 3.57. The van der Waals surface area contributed by atoms with Crippen molar-refractivity contribution >= 4 is 23.2 Å². The van der Waals surface area contributed by atoms with Crippen molar-refractivity contribution in [1.82, 2.24) is 10.4 Å². The third-order valence-corrected chi connectivity index (χ3v) is 2.34. The van der Waals surface area contributed by atoms with Crippen LogP contribution in [0.2, 0.25) is 0 Å². The maximum Gasteiger partial charge on any atom is 0.271 e. The Labute approximate surface area is 98.1 Å². The number of hydrogen-bond acceptors (Lipinski definition) is 4. The molecule has 0 saturated heterocycles. The van der Waals surface area contributed by atoms with Crippen LogP contribution in [0.5, 0.6) is 0 Å². The van der Waals surface area contributed by atoms with Crippen molar-refractivity contribution in [2.45, 2.75) is 19.8 Å². The second-order valence-corrected chi connectivity index (χ2v) is 3.74. The fourth-order valence-corrected chi connectivity index (χ4v) is 1.38. The van der Waals surface area contributed by atoms with E-state index in [-0.39, 0.29) is 11.8 Å². The Hall–Kier alpha value is -2.24. The van der Waals surface area contributed by atoms with Crippen LogP contribution in [0.15, 0.2) is 23.4 Å². The van der Waals surface area contributed by atoms with Gasteiger partial charge in [-0.15, -0.1) is 0 Å². The largest absolute Gasteiger partial charge is 0.319 e. The average Bonchev–Trinajstić information content (AvgIpc) is 2.33. The molecule has 88 valence electrons. The molecule has 0 aromatic carbocycles. The van der Waals surface area contributed by atoms with E-state index >= 15 is 0 Å². The minimum absolute atomic E-state index is 0.168. The van der Waals surface area contributed by atoms with E-state index < -0.39 is 0 Å². The molecule has 2 N–H and O–H groups in total. The predicted octanol–water partition coefficient (Wildman–Crippen LogP) is 0.595. The number of nitrogens with one attached hydrogen (secondary N) is 2. The van der Waals surface area contributed by atoms with E-state index in [0.717, 1.165) is 5.69 Å². The molecule has 2 rings (SSSR count). The second-order valence-electron chi connectivity index (χ2n) is 3.74. The molecular weight excluding hydrogens is 220 g/mol. The van der Waals surface area contributed by atoms with E-state index in [1.807, 2.05) is 6.92 Å². The molecule has 0 fully saturated rings. The Kier molecular flexibility index (Phi) is 3.13. The average molecular weight is 232 g/mol. The van der Waals surface area contributed by atoms with Crippen molar-refractivity contribution in [3.63, 3.8) is 0 Å². The molecule has 2 heterocycles. The summed E-state index contributed by atoms with van der Waals surface area (Å²) < 4.78 is 0. The summed E-state index contributed by atoms with van der Waals surface area (Å²) in [5.41, 5.74) is 4.10. The Bertz CT molecular complexity index is 479. The first-order valence-corrected chi connectivity index (χ1v) is 5.24. The number of hydrogen-bond donors (Lipinski definition) is 2. The maximum absolute atomic E-state index is 11.7. The SMILES string of the molecule is Cc1ccc(NC(=O)C2=NNC(=O)CC2)cn1. The molecule has 2 amide bonds. The quantitative estimate of drug-likeness (QED) is 0.783. The number of anilines is 1. The molecule has 0 atom stereocenters. The van der Waals surface area contributed by atoms with Gasteiger partial charge in [-0.1, -0.05) is 0 Å². The van der Waals surface area contributed by atoms with Crippen LogP contribution in [0.3, 0.4) is 0 Å². The second kappa shape index (κ2) is 4.73. The lowest BCUT2D eigenvalue weighted by Gasteiger charge is -2.11. The zero-order valence-electron chi connectivity index (χ0n) is 9.36. The van der Waals surface area contributed by atoms with E-state index in [9.17, 15) is 9.59 Å². The standard InChI is InChI=1S/C11H12N4O2/c1-7-2-3-8(6-12-7)13-11(17)9-4-5-10(16)15-14-9/h2-3,6H,4-5H2,1H3,(H,13,17)(H,15,16). The van der Waals surface area contributed by atoms with Crippen molar-refractivity contribution in [1.29, 1.82) is 0 Å². The predicted molar refractivity (Wildman–Crippen MR) is 62.4 cm³/mol. The monoisotopic (exact) mass is 232 g/mol. The van der Waals surface area contributed by atoms with Crippen LogP contribution in [-0.4, -0.2) is 22.5 Å². The Balaban J connectivity index is 2.02. The smallest absolute Gasteiger partial charge is 0.271 e. The van der Waals surface area contributed by atoms with E-state index in [1.165, 1.54) is 0 Å². The molecule has 0 saturated carbocycles. The Morgan fingerprint density at radius 1 is 1.41 bits per heavy atom. The van der Waals surface area contributed by atoms with Gasteiger partial charge in [0.15, 0.2) is 0 Å². The number of carbonyl (C=O) groups excluding carboxylic acids is 2. The van der Waals surface area contributed by atoms with Gasteiger partial charge in [-0.25, -0.2) is 5.43 Å². The molecule has 0 aliphatic carbocycles. The highest BCUT2D eigenvalue weighted by Gasteiger charge is 2.18. The Morgan fingerprint density at radius 2 is 2.24 bits per heavy atom. The molecule has 0 bridgehead atoms. The fourth-order valence-electron chi connectivity index (χ4n) is 1.38. The molecule has 17 heavy (non-hydrogen) atoms. The van der Waals surface area contributed by atoms with E-state index in [2.05, 4.69) is 20.8 Å². The molecule has 0 radical (unpaired) electrons. The summed E-state index contributed by atoms with van der Waals surface area (Å²) in [6.45, 7) is 1.87. The van der Waals surface area contributed by atoms with Crippen LogP contribution in [0, 0.1) is 6.92 Å². The zero-order valence-corrected chi connectivity index (χ0v) is 9.36. The minimum Gasteiger partial charge on any atom is -0.319 e. The molecule has 1 aromatic rings. The van der Waals surface area contributed by atoms with Gasteiger partial charge in [0.2, 0.25) is 5.91 Å². The molecule has 0 unspecified atom stereocenters. The van der Waals surface area contributed by atoms with Gasteiger partial charge in [-0.05, 0) is 19.1 Å². The van der Waals surface area contributed by atoms with Gasteiger partial charge in [0.25, 0.3) is 5.91 Å². The normalized spacial score (nSPS) is 14.9. The lowest BCUT2D eigenvalue weighted by atomic mass is 10.1. The lowest BCUT2D eigenvalue weighted by molar-refractivity contribution is -0.121. The number of aromatic nitrogens is 1. The highest BCUT2D eigenvalue weighted by atomic mass is 16.2. The van der Waals surface area contributed by atoms with Crippen LogP contribution in [0.25, 0.3) is 0 Å². The van der Waals surface area contributed by atoms with Crippen molar-refractivity contribution in [3.05, 3.63) is 24.0 Å². The fraction of sp³-hybridized carbons (Fsp3) is 0.273. The van der Waals surface area contributed by atoms with Crippen LogP contribution < -0.4 is 10.7 Å². The van der Waals surface area contributed by atoms with Gasteiger partial charge in [-0.2, -0.15) is 5.10 Å². The molecule has 1 aliphatic heterocycles. The van der Waals surface area contributed by atoms with Crippen molar-refractivity contribution in [2.24, 2.45) is 5.10 Å². The molecule has 1 aromatic heterocycles. The number of pyridine rings is 1. The third-order valence-electron chi connectivity index (χ3n) is 2.34. The first-order chi connectivity index (χ1) is 8.15. The number of aryl methyl sites for hydroxylation is 1. The number of nitrogens with zero attached hydrogens (tertiary/aromatic N) is 2. The van der Waals surface area contributed by atoms with Crippen LogP contribution in [0.1, 0.15) is 18.5 Å². The van der Waals surface area contributed by atoms with Gasteiger partial charge in [-0.3, -0.25) is 14.6 Å². The topological polar surface area (TPSA) is 83.5 Å². The molecule has 6 nitrogen and oxygen atoms in total. The van der Waals surface area contributed by atoms with E-state index in [1.54, 1.807) is 18.3 Å². The van der Waals surface area contributed by atoms with Gasteiger partial charge >= 0.3 is 0 Å². The number of amides is 2. The molecule has 0 spiro atoms. The summed E-state index contributed by atoms with van der Waals surface area (Å²) in [5, 5.41) is 6.38. The molecule has 1 aliphatic rings. The van der Waals surface area contributed by atoms with Crippen molar-refractivity contribution in [2.75, 3.05) is 5.32 Å². The van der Waals surface area contributed by atoms with E-state index in [4.69, 9.17) is 0 Å². The number of carbonyl (C=O) groups is 2. The van der Waals surface area contributed by atoms with Crippen LogP contribution >= 0.6 is 0 Å². The number of hydrazone groups is 1. The summed E-state index contributed by atoms with van der Waals surface area (Å²) in [7, 11) is 0.